The molecule has 2 aromatic heterocycles. The van der Waals surface area contributed by atoms with Gasteiger partial charge in [-0.05, 0) is 48.0 Å². The molecule has 3 rings (SSSR count). The van der Waals surface area contributed by atoms with Gasteiger partial charge in [-0.3, -0.25) is 4.79 Å². The van der Waals surface area contributed by atoms with Crippen LogP contribution in [0.3, 0.4) is 0 Å². The fourth-order valence-corrected chi connectivity index (χ4v) is 3.02. The summed E-state index contributed by atoms with van der Waals surface area (Å²) in [5, 5.41) is 14.3. The molecule has 0 aliphatic carbocycles. The Morgan fingerprint density at radius 2 is 2.09 bits per heavy atom. The summed E-state index contributed by atoms with van der Waals surface area (Å²) in [6.07, 6.45) is 0. The number of anilines is 1. The van der Waals surface area contributed by atoms with Crippen LogP contribution < -0.4 is 5.32 Å². The largest absolute Gasteiger partial charge is 0.321 e. The fourth-order valence-electron chi connectivity index (χ4n) is 2.09. The van der Waals surface area contributed by atoms with Crippen molar-refractivity contribution >= 4 is 22.9 Å². The van der Waals surface area contributed by atoms with E-state index in [4.69, 9.17) is 0 Å². The number of thiophene rings is 1. The van der Waals surface area contributed by atoms with E-state index in [1.807, 2.05) is 44.2 Å². The summed E-state index contributed by atoms with van der Waals surface area (Å²) in [5.41, 5.74) is 2.70. The van der Waals surface area contributed by atoms with Crippen LogP contribution in [-0.2, 0) is 7.05 Å². The van der Waals surface area contributed by atoms with Gasteiger partial charge < -0.3 is 5.32 Å². The molecule has 0 radical (unpaired) electrons. The third kappa shape index (κ3) is 2.75. The summed E-state index contributed by atoms with van der Waals surface area (Å²) >= 11 is 1.50. The van der Waals surface area contributed by atoms with Crippen molar-refractivity contribution in [3.8, 4) is 11.4 Å². The molecular formula is C15H15N5OS. The average molecular weight is 313 g/mol. The SMILES string of the molecule is Cc1cc(C(=O)Nc2cccc(-c3nnnn3C)c2)sc1C. The van der Waals surface area contributed by atoms with Crippen LogP contribution in [0.4, 0.5) is 5.69 Å². The molecule has 0 aliphatic rings. The number of hydrogen-bond acceptors (Lipinski definition) is 5. The fraction of sp³-hybridized carbons (Fsp3) is 0.200. The Hall–Kier alpha value is -2.54. The lowest BCUT2D eigenvalue weighted by atomic mass is 10.2. The summed E-state index contributed by atoms with van der Waals surface area (Å²) < 4.78 is 1.59. The highest BCUT2D eigenvalue weighted by atomic mass is 32.1. The number of nitrogens with zero attached hydrogens (tertiary/aromatic N) is 4. The van der Waals surface area contributed by atoms with Crippen molar-refractivity contribution < 1.29 is 4.79 Å². The van der Waals surface area contributed by atoms with E-state index in [-0.39, 0.29) is 5.91 Å². The predicted octanol–water partition coefficient (Wildman–Crippen LogP) is 2.81. The maximum atomic E-state index is 12.3. The lowest BCUT2D eigenvalue weighted by Gasteiger charge is -2.05. The van der Waals surface area contributed by atoms with Gasteiger partial charge in [0.25, 0.3) is 5.91 Å². The molecule has 0 atom stereocenters. The second-order valence-electron chi connectivity index (χ2n) is 5.01. The van der Waals surface area contributed by atoms with Crippen LogP contribution in [-0.4, -0.2) is 26.1 Å². The van der Waals surface area contributed by atoms with Gasteiger partial charge in [-0.25, -0.2) is 4.68 Å². The topological polar surface area (TPSA) is 72.7 Å². The first-order valence-corrected chi connectivity index (χ1v) is 7.57. The minimum atomic E-state index is -0.102. The zero-order valence-electron chi connectivity index (χ0n) is 12.5. The maximum Gasteiger partial charge on any atom is 0.265 e. The van der Waals surface area contributed by atoms with Gasteiger partial charge in [0.15, 0.2) is 5.82 Å². The molecule has 3 aromatic rings. The van der Waals surface area contributed by atoms with E-state index in [2.05, 4.69) is 20.8 Å². The molecule has 0 saturated heterocycles. The van der Waals surface area contributed by atoms with Crippen molar-refractivity contribution in [2.45, 2.75) is 13.8 Å². The monoisotopic (exact) mass is 313 g/mol. The summed E-state index contributed by atoms with van der Waals surface area (Å²) in [6, 6.07) is 9.38. The minimum Gasteiger partial charge on any atom is -0.321 e. The number of rotatable bonds is 3. The van der Waals surface area contributed by atoms with Gasteiger partial charge in [0.1, 0.15) is 0 Å². The Morgan fingerprint density at radius 1 is 1.27 bits per heavy atom. The Balaban J connectivity index is 1.84. The number of aromatic nitrogens is 4. The molecule has 0 spiro atoms. The van der Waals surface area contributed by atoms with Gasteiger partial charge in [-0.15, -0.1) is 16.4 Å². The van der Waals surface area contributed by atoms with Crippen LogP contribution in [0.1, 0.15) is 20.1 Å². The predicted molar refractivity (Wildman–Crippen MR) is 86.0 cm³/mol. The molecule has 0 aliphatic heterocycles. The first-order chi connectivity index (χ1) is 10.5. The van der Waals surface area contributed by atoms with Crippen LogP contribution in [0.25, 0.3) is 11.4 Å². The van der Waals surface area contributed by atoms with Gasteiger partial charge in [0, 0.05) is 23.2 Å². The molecule has 0 unspecified atom stereocenters. The van der Waals surface area contributed by atoms with E-state index in [1.165, 1.54) is 11.3 Å². The lowest BCUT2D eigenvalue weighted by molar-refractivity contribution is 0.103. The smallest absolute Gasteiger partial charge is 0.265 e. The quantitative estimate of drug-likeness (QED) is 0.807. The normalized spacial score (nSPS) is 10.7. The molecule has 1 amide bonds. The number of nitrogens with one attached hydrogen (secondary N) is 1. The highest BCUT2D eigenvalue weighted by Gasteiger charge is 2.12. The van der Waals surface area contributed by atoms with E-state index in [0.29, 0.717) is 16.4 Å². The summed E-state index contributed by atoms with van der Waals surface area (Å²) in [7, 11) is 1.78. The number of benzene rings is 1. The summed E-state index contributed by atoms with van der Waals surface area (Å²) in [5.74, 6) is 0.549. The zero-order valence-corrected chi connectivity index (χ0v) is 13.3. The van der Waals surface area contributed by atoms with Gasteiger partial charge in [0.2, 0.25) is 0 Å². The number of aryl methyl sites for hydroxylation is 3. The molecule has 7 heteroatoms. The van der Waals surface area contributed by atoms with E-state index in [9.17, 15) is 4.79 Å². The second kappa shape index (κ2) is 5.69. The molecule has 1 aromatic carbocycles. The molecule has 0 saturated carbocycles. The molecule has 2 heterocycles. The molecule has 0 fully saturated rings. The number of carbonyl (C=O) groups excluding carboxylic acids is 1. The molecule has 0 bridgehead atoms. The van der Waals surface area contributed by atoms with Crippen molar-refractivity contribution in [2.75, 3.05) is 5.32 Å². The minimum absolute atomic E-state index is 0.102. The second-order valence-corrected chi connectivity index (χ2v) is 6.27. The lowest BCUT2D eigenvalue weighted by Crippen LogP contribution is -2.10. The van der Waals surface area contributed by atoms with Crippen LogP contribution in [0, 0.1) is 13.8 Å². The molecule has 22 heavy (non-hydrogen) atoms. The van der Waals surface area contributed by atoms with Gasteiger partial charge >= 0.3 is 0 Å². The van der Waals surface area contributed by atoms with E-state index in [0.717, 1.165) is 16.0 Å². The number of carbonyl (C=O) groups is 1. The van der Waals surface area contributed by atoms with Crippen molar-refractivity contribution in [1.82, 2.24) is 20.2 Å². The average Bonchev–Trinajstić information content (AvgIpc) is 3.06. The summed E-state index contributed by atoms with van der Waals surface area (Å²) in [4.78, 5) is 14.2. The molecule has 6 nitrogen and oxygen atoms in total. The Kier molecular flexibility index (Phi) is 3.72. The zero-order chi connectivity index (χ0) is 15.7. The third-order valence-corrected chi connectivity index (χ3v) is 4.54. The first kappa shape index (κ1) is 14.4. The molecule has 112 valence electrons. The number of hydrogen-bond donors (Lipinski definition) is 1. The van der Waals surface area contributed by atoms with Gasteiger partial charge in [0.05, 0.1) is 4.88 Å². The van der Waals surface area contributed by atoms with Crippen LogP contribution in [0.5, 0.6) is 0 Å². The Morgan fingerprint density at radius 3 is 2.73 bits per heavy atom. The van der Waals surface area contributed by atoms with Gasteiger partial charge in [-0.2, -0.15) is 0 Å². The van der Waals surface area contributed by atoms with Crippen LogP contribution in [0.2, 0.25) is 0 Å². The highest BCUT2D eigenvalue weighted by molar-refractivity contribution is 7.14. The van der Waals surface area contributed by atoms with Crippen molar-refractivity contribution in [3.63, 3.8) is 0 Å². The van der Waals surface area contributed by atoms with E-state index in [1.54, 1.807) is 11.7 Å². The Labute approximate surface area is 131 Å². The standard InChI is InChI=1S/C15H15N5OS/c1-9-7-13(22-10(9)2)15(21)16-12-6-4-5-11(8-12)14-17-18-19-20(14)3/h4-8H,1-3H3,(H,16,21). The van der Waals surface area contributed by atoms with Crippen molar-refractivity contribution in [1.29, 1.82) is 0 Å². The van der Waals surface area contributed by atoms with Gasteiger partial charge in [-0.1, -0.05) is 12.1 Å². The van der Waals surface area contributed by atoms with Crippen LogP contribution in [0.15, 0.2) is 30.3 Å². The van der Waals surface area contributed by atoms with Crippen LogP contribution >= 0.6 is 11.3 Å². The third-order valence-electron chi connectivity index (χ3n) is 3.39. The van der Waals surface area contributed by atoms with Crippen molar-refractivity contribution in [2.24, 2.45) is 7.05 Å². The number of amides is 1. The first-order valence-electron chi connectivity index (χ1n) is 6.76. The Bertz CT molecular complexity index is 817. The van der Waals surface area contributed by atoms with E-state index < -0.39 is 0 Å². The molecular weight excluding hydrogens is 298 g/mol. The maximum absolute atomic E-state index is 12.3. The van der Waals surface area contributed by atoms with E-state index >= 15 is 0 Å². The molecule has 1 N–H and O–H groups in total. The van der Waals surface area contributed by atoms with Crippen molar-refractivity contribution in [3.05, 3.63) is 45.6 Å². The summed E-state index contributed by atoms with van der Waals surface area (Å²) in [6.45, 7) is 4.02. The highest BCUT2D eigenvalue weighted by Crippen LogP contribution is 2.23. The number of tetrazole rings is 1.